The lowest BCUT2D eigenvalue weighted by molar-refractivity contribution is -0.148. The van der Waals surface area contributed by atoms with Gasteiger partial charge in [0, 0.05) is 7.11 Å². The van der Waals surface area contributed by atoms with Crippen LogP contribution in [0.25, 0.3) is 0 Å². The number of aliphatic carboxylic acids is 1. The van der Waals surface area contributed by atoms with Crippen LogP contribution in [0.15, 0.2) is 0 Å². The zero-order valence-corrected chi connectivity index (χ0v) is 9.90. The fraction of sp³-hybridized carbons (Fsp3) is 0.800. The predicted octanol–water partition coefficient (Wildman–Crippen LogP) is -0.424. The van der Waals surface area contributed by atoms with Crippen molar-refractivity contribution in [3.63, 3.8) is 0 Å². The Morgan fingerprint density at radius 2 is 2.00 bits per heavy atom. The van der Waals surface area contributed by atoms with E-state index in [-0.39, 0.29) is 12.5 Å². The first kappa shape index (κ1) is 14.9. The molecule has 0 saturated carbocycles. The van der Waals surface area contributed by atoms with E-state index in [0.29, 0.717) is 12.3 Å². The van der Waals surface area contributed by atoms with E-state index in [0.717, 1.165) is 0 Å². The molecule has 0 radical (unpaired) electrons. The van der Waals surface area contributed by atoms with Gasteiger partial charge >= 0.3 is 5.97 Å². The molecule has 0 aromatic rings. The summed E-state index contributed by atoms with van der Waals surface area (Å²) in [5, 5.41) is 11.1. The van der Waals surface area contributed by atoms with Gasteiger partial charge in [0.2, 0.25) is 5.91 Å². The van der Waals surface area contributed by atoms with Crippen LogP contribution in [0.4, 0.5) is 0 Å². The van der Waals surface area contributed by atoms with Gasteiger partial charge in [-0.2, -0.15) is 0 Å². The normalized spacial score (nSPS) is 14.6. The molecular weight excluding hydrogens is 212 g/mol. The second kappa shape index (κ2) is 7.19. The van der Waals surface area contributed by atoms with E-state index in [1.165, 1.54) is 7.11 Å². The van der Waals surface area contributed by atoms with Gasteiger partial charge in [0.1, 0.15) is 0 Å². The average molecular weight is 232 g/mol. The van der Waals surface area contributed by atoms with E-state index in [1.54, 1.807) is 0 Å². The molecule has 0 heterocycles. The number of hydrogen-bond donors (Lipinski definition) is 3. The molecule has 0 rings (SSSR count). The van der Waals surface area contributed by atoms with Crippen molar-refractivity contribution < 1.29 is 19.4 Å². The molecule has 0 fully saturated rings. The molecular formula is C10H20N2O4. The third-order valence-corrected chi connectivity index (χ3v) is 2.08. The van der Waals surface area contributed by atoms with Gasteiger partial charge in [0.05, 0.1) is 12.6 Å². The van der Waals surface area contributed by atoms with Crippen LogP contribution >= 0.6 is 0 Å². The second-order valence-corrected chi connectivity index (χ2v) is 4.04. The molecule has 0 aromatic heterocycles. The SMILES string of the molecule is COC(CNC(=O)C(N)CC(C)C)C(=O)O. The molecule has 0 bridgehead atoms. The maximum absolute atomic E-state index is 11.4. The highest BCUT2D eigenvalue weighted by atomic mass is 16.5. The maximum atomic E-state index is 11.4. The minimum Gasteiger partial charge on any atom is -0.479 e. The summed E-state index contributed by atoms with van der Waals surface area (Å²) in [6, 6.07) is -0.605. The van der Waals surface area contributed by atoms with E-state index >= 15 is 0 Å². The van der Waals surface area contributed by atoms with Gasteiger partial charge in [-0.25, -0.2) is 4.79 Å². The summed E-state index contributed by atoms with van der Waals surface area (Å²) in [6.07, 6.45) is -0.466. The fourth-order valence-corrected chi connectivity index (χ4v) is 1.21. The van der Waals surface area contributed by atoms with Crippen LogP contribution in [-0.2, 0) is 14.3 Å². The molecule has 16 heavy (non-hydrogen) atoms. The van der Waals surface area contributed by atoms with Crippen LogP contribution in [0.5, 0.6) is 0 Å². The fourth-order valence-electron chi connectivity index (χ4n) is 1.21. The highest BCUT2D eigenvalue weighted by molar-refractivity contribution is 5.82. The summed E-state index contributed by atoms with van der Waals surface area (Å²) in [4.78, 5) is 22.0. The number of carbonyl (C=O) groups excluding carboxylic acids is 1. The number of carboxylic acids is 1. The van der Waals surface area contributed by atoms with Gasteiger partial charge in [-0.1, -0.05) is 13.8 Å². The number of carboxylic acid groups (broad SMARTS) is 1. The largest absolute Gasteiger partial charge is 0.479 e. The standard InChI is InChI=1S/C10H20N2O4/c1-6(2)4-7(11)9(13)12-5-8(16-3)10(14)15/h6-8H,4-5,11H2,1-3H3,(H,12,13)(H,14,15). The molecule has 0 spiro atoms. The second-order valence-electron chi connectivity index (χ2n) is 4.04. The first-order valence-electron chi connectivity index (χ1n) is 5.17. The molecule has 0 aliphatic carbocycles. The third kappa shape index (κ3) is 5.67. The molecule has 0 saturated heterocycles. The van der Waals surface area contributed by atoms with Crippen molar-refractivity contribution in [1.29, 1.82) is 0 Å². The third-order valence-electron chi connectivity index (χ3n) is 2.08. The Morgan fingerprint density at radius 3 is 2.38 bits per heavy atom. The Morgan fingerprint density at radius 1 is 1.44 bits per heavy atom. The van der Waals surface area contributed by atoms with Crippen LogP contribution < -0.4 is 11.1 Å². The summed E-state index contributed by atoms with van der Waals surface area (Å²) >= 11 is 0. The van der Waals surface area contributed by atoms with E-state index in [1.807, 2.05) is 13.8 Å². The number of methoxy groups -OCH3 is 1. The molecule has 0 aromatic carbocycles. The maximum Gasteiger partial charge on any atom is 0.334 e. The molecule has 2 unspecified atom stereocenters. The van der Waals surface area contributed by atoms with Crippen LogP contribution in [0.3, 0.4) is 0 Å². The van der Waals surface area contributed by atoms with Crippen molar-refractivity contribution in [1.82, 2.24) is 5.32 Å². The van der Waals surface area contributed by atoms with Gasteiger partial charge in [-0.15, -0.1) is 0 Å². The van der Waals surface area contributed by atoms with Crippen molar-refractivity contribution in [2.75, 3.05) is 13.7 Å². The van der Waals surface area contributed by atoms with E-state index < -0.39 is 18.1 Å². The molecule has 6 nitrogen and oxygen atoms in total. The Labute approximate surface area is 95.1 Å². The quantitative estimate of drug-likeness (QED) is 0.553. The highest BCUT2D eigenvalue weighted by Gasteiger charge is 2.20. The van der Waals surface area contributed by atoms with Gasteiger partial charge in [-0.3, -0.25) is 4.79 Å². The lowest BCUT2D eigenvalue weighted by Gasteiger charge is -2.16. The zero-order chi connectivity index (χ0) is 12.7. The van der Waals surface area contributed by atoms with Crippen molar-refractivity contribution >= 4 is 11.9 Å². The molecule has 6 heteroatoms. The van der Waals surface area contributed by atoms with Gasteiger partial charge in [-0.05, 0) is 12.3 Å². The summed E-state index contributed by atoms with van der Waals surface area (Å²) < 4.78 is 4.67. The minimum atomic E-state index is -1.11. The number of ether oxygens (including phenoxy) is 1. The summed E-state index contributed by atoms with van der Waals surface area (Å²) in [7, 11) is 1.28. The van der Waals surface area contributed by atoms with Crippen molar-refractivity contribution in [2.45, 2.75) is 32.4 Å². The summed E-state index contributed by atoms with van der Waals surface area (Å²) in [6.45, 7) is 3.85. The van der Waals surface area contributed by atoms with Crippen molar-refractivity contribution in [3.8, 4) is 0 Å². The minimum absolute atomic E-state index is 0.0730. The van der Waals surface area contributed by atoms with Gasteiger partial charge in [0.25, 0.3) is 0 Å². The summed E-state index contributed by atoms with van der Waals surface area (Å²) in [5.74, 6) is -1.14. The molecule has 0 aliphatic rings. The topological polar surface area (TPSA) is 102 Å². The van der Waals surface area contributed by atoms with Crippen LogP contribution in [-0.4, -0.2) is 42.8 Å². The molecule has 94 valence electrons. The van der Waals surface area contributed by atoms with E-state index in [9.17, 15) is 9.59 Å². The molecule has 2 atom stereocenters. The number of nitrogens with one attached hydrogen (secondary N) is 1. The van der Waals surface area contributed by atoms with Gasteiger partial charge < -0.3 is 20.9 Å². The van der Waals surface area contributed by atoms with Crippen LogP contribution in [0, 0.1) is 5.92 Å². The molecule has 1 amide bonds. The number of rotatable bonds is 7. The van der Waals surface area contributed by atoms with Crippen molar-refractivity contribution in [3.05, 3.63) is 0 Å². The highest BCUT2D eigenvalue weighted by Crippen LogP contribution is 2.02. The number of amides is 1. The Hall–Kier alpha value is -1.14. The predicted molar refractivity (Wildman–Crippen MR) is 58.9 cm³/mol. The number of hydrogen-bond acceptors (Lipinski definition) is 4. The first-order chi connectivity index (χ1) is 7.38. The number of nitrogens with two attached hydrogens (primary N) is 1. The molecule has 0 aliphatic heterocycles. The van der Waals surface area contributed by atoms with Crippen LogP contribution in [0.1, 0.15) is 20.3 Å². The van der Waals surface area contributed by atoms with Crippen LogP contribution in [0.2, 0.25) is 0 Å². The van der Waals surface area contributed by atoms with Crippen molar-refractivity contribution in [2.24, 2.45) is 11.7 Å². The smallest absolute Gasteiger partial charge is 0.334 e. The zero-order valence-electron chi connectivity index (χ0n) is 9.90. The average Bonchev–Trinajstić information content (AvgIpc) is 2.16. The summed E-state index contributed by atoms with van der Waals surface area (Å²) in [5.41, 5.74) is 5.62. The van der Waals surface area contributed by atoms with E-state index in [4.69, 9.17) is 10.8 Å². The lowest BCUT2D eigenvalue weighted by Crippen LogP contribution is -2.45. The Kier molecular flexibility index (Phi) is 6.67. The monoisotopic (exact) mass is 232 g/mol. The molecule has 4 N–H and O–H groups in total. The first-order valence-corrected chi connectivity index (χ1v) is 5.17. The number of carbonyl (C=O) groups is 2. The Balaban J connectivity index is 4.00. The lowest BCUT2D eigenvalue weighted by atomic mass is 10.0. The van der Waals surface area contributed by atoms with E-state index in [2.05, 4.69) is 10.1 Å². The van der Waals surface area contributed by atoms with Gasteiger partial charge in [0.15, 0.2) is 6.10 Å². The Bertz CT molecular complexity index is 243.